The average Bonchev–Trinajstić information content (AvgIpc) is 2.90. The first-order chi connectivity index (χ1) is 16.2. The second kappa shape index (κ2) is 9.29. The van der Waals surface area contributed by atoms with E-state index in [0.717, 1.165) is 39.3 Å². The number of nitrogens with zero attached hydrogens (tertiary/aromatic N) is 1. The predicted molar refractivity (Wildman–Crippen MR) is 136 cm³/mol. The first-order valence-corrected chi connectivity index (χ1v) is 11.0. The van der Waals surface area contributed by atoms with Crippen molar-refractivity contribution in [2.24, 2.45) is 0 Å². The molecule has 3 nitrogen and oxygen atoms in total. The highest BCUT2D eigenvalue weighted by atomic mass is 16.3. The smallest absolute Gasteiger partial charge is 0.0681 e. The molecule has 0 aliphatic carbocycles. The van der Waals surface area contributed by atoms with Gasteiger partial charge in [0, 0.05) is 17.1 Å². The van der Waals surface area contributed by atoms with Crippen LogP contribution in [0.1, 0.15) is 11.1 Å². The van der Waals surface area contributed by atoms with E-state index in [1.807, 2.05) is 48.5 Å². The fourth-order valence-electron chi connectivity index (χ4n) is 4.12. The molecule has 0 heterocycles. The van der Waals surface area contributed by atoms with Gasteiger partial charge in [-0.15, -0.1) is 0 Å². The zero-order valence-corrected chi connectivity index (χ0v) is 18.2. The molecule has 0 spiro atoms. The van der Waals surface area contributed by atoms with Gasteiger partial charge in [-0.3, -0.25) is 0 Å². The third kappa shape index (κ3) is 4.37. The molecule has 0 atom stereocenters. The van der Waals surface area contributed by atoms with Gasteiger partial charge in [0.1, 0.15) is 0 Å². The molecule has 0 bridgehead atoms. The standard InChI is InChI=1S/C30H25NO2/c32-20-22-5-9-25(10-6-22)26-11-16-29(17-12-26)31(28-14-7-23(21-33)8-15-28)30-18-13-24-3-1-2-4-27(24)19-30/h1-19,32-33H,20-21H2. The van der Waals surface area contributed by atoms with Crippen LogP contribution in [0, 0.1) is 0 Å². The fourth-order valence-corrected chi connectivity index (χ4v) is 4.12. The molecule has 5 aromatic carbocycles. The summed E-state index contributed by atoms with van der Waals surface area (Å²) in [6.07, 6.45) is 0. The van der Waals surface area contributed by atoms with Crippen molar-refractivity contribution in [1.82, 2.24) is 0 Å². The number of aliphatic hydroxyl groups is 2. The van der Waals surface area contributed by atoms with Gasteiger partial charge in [0.25, 0.3) is 0 Å². The van der Waals surface area contributed by atoms with Crippen LogP contribution in [-0.2, 0) is 13.2 Å². The normalized spacial score (nSPS) is 11.0. The molecule has 2 N–H and O–H groups in total. The topological polar surface area (TPSA) is 43.7 Å². The van der Waals surface area contributed by atoms with Crippen molar-refractivity contribution in [3.8, 4) is 11.1 Å². The van der Waals surface area contributed by atoms with Crippen LogP contribution >= 0.6 is 0 Å². The molecule has 5 aromatic rings. The lowest BCUT2D eigenvalue weighted by Crippen LogP contribution is -2.10. The zero-order chi connectivity index (χ0) is 22.6. The maximum Gasteiger partial charge on any atom is 0.0681 e. The van der Waals surface area contributed by atoms with Gasteiger partial charge in [-0.05, 0) is 69.4 Å². The van der Waals surface area contributed by atoms with Gasteiger partial charge in [-0.2, -0.15) is 0 Å². The number of aliphatic hydroxyl groups excluding tert-OH is 2. The Morgan fingerprint density at radius 3 is 1.48 bits per heavy atom. The molecule has 0 saturated carbocycles. The molecule has 0 aliphatic rings. The molecule has 162 valence electrons. The second-order valence-corrected chi connectivity index (χ2v) is 8.09. The first-order valence-electron chi connectivity index (χ1n) is 11.0. The summed E-state index contributed by atoms with van der Waals surface area (Å²) in [5.74, 6) is 0. The summed E-state index contributed by atoms with van der Waals surface area (Å²) < 4.78 is 0. The molecule has 0 aliphatic heterocycles. The van der Waals surface area contributed by atoms with Crippen molar-refractivity contribution < 1.29 is 10.2 Å². The second-order valence-electron chi connectivity index (χ2n) is 8.09. The Balaban J connectivity index is 1.56. The van der Waals surface area contributed by atoms with Gasteiger partial charge in [-0.1, -0.05) is 78.9 Å². The van der Waals surface area contributed by atoms with Crippen molar-refractivity contribution >= 4 is 27.8 Å². The van der Waals surface area contributed by atoms with E-state index in [9.17, 15) is 10.2 Å². The van der Waals surface area contributed by atoms with E-state index in [2.05, 4.69) is 71.6 Å². The molecule has 0 radical (unpaired) electrons. The Bertz CT molecular complexity index is 1360. The van der Waals surface area contributed by atoms with E-state index in [0.29, 0.717) is 0 Å². The van der Waals surface area contributed by atoms with Crippen molar-refractivity contribution in [3.05, 3.63) is 126 Å². The minimum atomic E-state index is 0.0278. The van der Waals surface area contributed by atoms with Crippen LogP contribution in [0.25, 0.3) is 21.9 Å². The third-order valence-electron chi connectivity index (χ3n) is 5.96. The molecule has 5 rings (SSSR count). The number of rotatable bonds is 6. The van der Waals surface area contributed by atoms with Gasteiger partial charge in [0.2, 0.25) is 0 Å². The SMILES string of the molecule is OCc1ccc(-c2ccc(N(c3ccc(CO)cc3)c3ccc4ccccc4c3)cc2)cc1. The minimum absolute atomic E-state index is 0.0278. The number of hydrogen-bond donors (Lipinski definition) is 2. The van der Waals surface area contributed by atoms with Crippen LogP contribution in [0.5, 0.6) is 0 Å². The molecular formula is C30H25NO2. The summed E-state index contributed by atoms with van der Waals surface area (Å²) in [5.41, 5.74) is 7.19. The van der Waals surface area contributed by atoms with E-state index in [1.54, 1.807) is 0 Å². The van der Waals surface area contributed by atoms with E-state index in [-0.39, 0.29) is 13.2 Å². The summed E-state index contributed by atoms with van der Waals surface area (Å²) >= 11 is 0. The molecule has 0 amide bonds. The Morgan fingerprint density at radius 1 is 0.455 bits per heavy atom. The van der Waals surface area contributed by atoms with Gasteiger partial charge in [0.15, 0.2) is 0 Å². The summed E-state index contributed by atoms with van der Waals surface area (Å²) in [4.78, 5) is 2.23. The van der Waals surface area contributed by atoms with Crippen molar-refractivity contribution in [2.45, 2.75) is 13.2 Å². The summed E-state index contributed by atoms with van der Waals surface area (Å²) in [6.45, 7) is 0.0784. The van der Waals surface area contributed by atoms with Crippen LogP contribution in [0.3, 0.4) is 0 Å². The Labute approximate surface area is 193 Å². The lowest BCUT2D eigenvalue weighted by atomic mass is 10.0. The predicted octanol–water partition coefficient (Wildman–Crippen LogP) is 6.96. The number of fused-ring (bicyclic) bond motifs is 1. The summed E-state index contributed by atoms with van der Waals surface area (Å²) in [7, 11) is 0. The van der Waals surface area contributed by atoms with Gasteiger partial charge >= 0.3 is 0 Å². The van der Waals surface area contributed by atoms with Gasteiger partial charge in [-0.25, -0.2) is 0 Å². The number of hydrogen-bond acceptors (Lipinski definition) is 3. The monoisotopic (exact) mass is 431 g/mol. The zero-order valence-electron chi connectivity index (χ0n) is 18.2. The van der Waals surface area contributed by atoms with E-state index < -0.39 is 0 Å². The molecule has 33 heavy (non-hydrogen) atoms. The molecule has 0 unspecified atom stereocenters. The van der Waals surface area contributed by atoms with Crippen LogP contribution in [-0.4, -0.2) is 10.2 Å². The highest BCUT2D eigenvalue weighted by Gasteiger charge is 2.13. The Morgan fingerprint density at radius 2 is 0.909 bits per heavy atom. The van der Waals surface area contributed by atoms with Gasteiger partial charge < -0.3 is 15.1 Å². The number of benzene rings is 5. The van der Waals surface area contributed by atoms with Crippen molar-refractivity contribution in [1.29, 1.82) is 0 Å². The van der Waals surface area contributed by atoms with Crippen LogP contribution in [0.2, 0.25) is 0 Å². The largest absolute Gasteiger partial charge is 0.392 e. The fraction of sp³-hybridized carbons (Fsp3) is 0.0667. The van der Waals surface area contributed by atoms with E-state index >= 15 is 0 Å². The average molecular weight is 432 g/mol. The summed E-state index contributed by atoms with van der Waals surface area (Å²) in [6, 6.07) is 39.4. The third-order valence-corrected chi connectivity index (χ3v) is 5.96. The first kappa shape index (κ1) is 21.0. The summed E-state index contributed by atoms with van der Waals surface area (Å²) in [5, 5.41) is 21.2. The highest BCUT2D eigenvalue weighted by molar-refractivity contribution is 5.89. The maximum atomic E-state index is 9.46. The quantitative estimate of drug-likeness (QED) is 0.305. The lowest BCUT2D eigenvalue weighted by Gasteiger charge is -2.26. The Kier molecular flexibility index (Phi) is 5.90. The number of anilines is 3. The Hall–Kier alpha value is -3.92. The molecule has 3 heteroatoms. The molecule has 0 saturated heterocycles. The molecular weight excluding hydrogens is 406 g/mol. The van der Waals surface area contributed by atoms with Crippen LogP contribution < -0.4 is 4.90 Å². The van der Waals surface area contributed by atoms with E-state index in [1.165, 1.54) is 10.8 Å². The maximum absolute atomic E-state index is 9.46. The van der Waals surface area contributed by atoms with Crippen LogP contribution in [0.15, 0.2) is 115 Å². The molecule has 0 fully saturated rings. The highest BCUT2D eigenvalue weighted by Crippen LogP contribution is 2.37. The molecule has 0 aromatic heterocycles. The van der Waals surface area contributed by atoms with Crippen LogP contribution in [0.4, 0.5) is 17.1 Å². The van der Waals surface area contributed by atoms with E-state index in [4.69, 9.17) is 0 Å². The van der Waals surface area contributed by atoms with Crippen molar-refractivity contribution in [2.75, 3.05) is 4.90 Å². The van der Waals surface area contributed by atoms with Gasteiger partial charge in [0.05, 0.1) is 13.2 Å². The minimum Gasteiger partial charge on any atom is -0.392 e. The van der Waals surface area contributed by atoms with Crippen molar-refractivity contribution in [3.63, 3.8) is 0 Å². The lowest BCUT2D eigenvalue weighted by molar-refractivity contribution is 0.281.